The van der Waals surface area contributed by atoms with Crippen molar-refractivity contribution in [3.8, 4) is 11.1 Å². The molecule has 0 radical (unpaired) electrons. The van der Waals surface area contributed by atoms with E-state index in [0.717, 1.165) is 24.1 Å². The van der Waals surface area contributed by atoms with Crippen LogP contribution in [-0.4, -0.2) is 22.4 Å². The fraction of sp³-hybridized carbons (Fsp3) is 0.400. The van der Waals surface area contributed by atoms with Gasteiger partial charge in [-0.2, -0.15) is 5.10 Å². The average Bonchev–Trinajstić information content (AvgIpc) is 3.03. The molecule has 1 fully saturated rings. The summed E-state index contributed by atoms with van der Waals surface area (Å²) in [7, 11) is 1.97. The quantitative estimate of drug-likeness (QED) is 0.918. The van der Waals surface area contributed by atoms with E-state index < -0.39 is 0 Å². The Hall–Kier alpha value is -1.68. The van der Waals surface area contributed by atoms with Gasteiger partial charge in [0.25, 0.3) is 0 Å². The molecule has 1 aromatic carbocycles. The van der Waals surface area contributed by atoms with Gasteiger partial charge in [0.05, 0.1) is 6.20 Å². The zero-order valence-electron chi connectivity index (χ0n) is 11.1. The van der Waals surface area contributed by atoms with Gasteiger partial charge in [0, 0.05) is 30.8 Å². The number of aromatic nitrogens is 2. The molecule has 1 aliphatic rings. The fourth-order valence-electron chi connectivity index (χ4n) is 2.74. The lowest BCUT2D eigenvalue weighted by molar-refractivity contribution is 0.571. The second-order valence-corrected chi connectivity index (χ2v) is 5.13. The Morgan fingerprint density at radius 2 is 2.16 bits per heavy atom. The molecule has 0 aliphatic carbocycles. The number of nitrogens with one attached hydrogen (secondary N) is 1. The predicted molar refractivity (Wildman–Crippen MR) is 73.3 cm³/mol. The molecule has 3 rings (SSSR count). The molecule has 0 bridgehead atoms. The van der Waals surface area contributed by atoms with Crippen molar-refractivity contribution in [1.29, 1.82) is 0 Å². The van der Waals surface area contributed by atoms with Crippen molar-refractivity contribution in [1.82, 2.24) is 15.1 Å². The van der Waals surface area contributed by atoms with Crippen LogP contribution in [0, 0.1) is 5.82 Å². The van der Waals surface area contributed by atoms with Crippen molar-refractivity contribution in [3.05, 3.63) is 42.0 Å². The number of hydrogen-bond donors (Lipinski definition) is 1. The highest BCUT2D eigenvalue weighted by atomic mass is 19.1. The minimum absolute atomic E-state index is 0.202. The smallest absolute Gasteiger partial charge is 0.123 e. The number of benzene rings is 1. The summed E-state index contributed by atoms with van der Waals surface area (Å²) in [5.74, 6) is -0.202. The van der Waals surface area contributed by atoms with Gasteiger partial charge in [-0.25, -0.2) is 4.39 Å². The van der Waals surface area contributed by atoms with Gasteiger partial charge < -0.3 is 5.32 Å². The van der Waals surface area contributed by atoms with Crippen LogP contribution in [0.4, 0.5) is 4.39 Å². The molecular formula is C15H18FN3. The SMILES string of the molecule is Cn1ncc(-c2ccc(F)cc2)c1CC1CCCN1. The van der Waals surface area contributed by atoms with Crippen LogP contribution >= 0.6 is 0 Å². The zero-order valence-corrected chi connectivity index (χ0v) is 11.1. The van der Waals surface area contributed by atoms with Gasteiger partial charge in [-0.15, -0.1) is 0 Å². The maximum absolute atomic E-state index is 13.0. The van der Waals surface area contributed by atoms with Gasteiger partial charge in [-0.3, -0.25) is 4.68 Å². The maximum atomic E-state index is 13.0. The van der Waals surface area contributed by atoms with Crippen LogP contribution in [0.1, 0.15) is 18.5 Å². The molecule has 0 amide bonds. The van der Waals surface area contributed by atoms with E-state index in [1.165, 1.54) is 30.7 Å². The summed E-state index contributed by atoms with van der Waals surface area (Å²) in [6.07, 6.45) is 5.31. The van der Waals surface area contributed by atoms with Gasteiger partial charge in [-0.1, -0.05) is 12.1 Å². The van der Waals surface area contributed by atoms with Crippen molar-refractivity contribution in [3.63, 3.8) is 0 Å². The van der Waals surface area contributed by atoms with E-state index in [4.69, 9.17) is 0 Å². The predicted octanol–water partition coefficient (Wildman–Crippen LogP) is 2.52. The molecule has 0 spiro atoms. The van der Waals surface area contributed by atoms with Crippen LogP contribution in [0.25, 0.3) is 11.1 Å². The summed E-state index contributed by atoms with van der Waals surface area (Å²) in [4.78, 5) is 0. The normalized spacial score (nSPS) is 18.9. The van der Waals surface area contributed by atoms with E-state index in [0.29, 0.717) is 6.04 Å². The first-order valence-corrected chi connectivity index (χ1v) is 6.74. The summed E-state index contributed by atoms with van der Waals surface area (Å²) in [5.41, 5.74) is 3.35. The Morgan fingerprint density at radius 3 is 2.84 bits per heavy atom. The van der Waals surface area contributed by atoms with E-state index in [9.17, 15) is 4.39 Å². The van der Waals surface area contributed by atoms with Crippen LogP contribution in [0.3, 0.4) is 0 Å². The van der Waals surface area contributed by atoms with Crippen LogP contribution in [0.5, 0.6) is 0 Å². The molecule has 2 aromatic rings. The number of hydrogen-bond acceptors (Lipinski definition) is 2. The van der Waals surface area contributed by atoms with Gasteiger partial charge in [0.2, 0.25) is 0 Å². The molecule has 100 valence electrons. The van der Waals surface area contributed by atoms with Gasteiger partial charge in [0.15, 0.2) is 0 Å². The fourth-order valence-corrected chi connectivity index (χ4v) is 2.74. The minimum atomic E-state index is -0.202. The summed E-state index contributed by atoms with van der Waals surface area (Å²) in [6, 6.07) is 7.17. The van der Waals surface area contributed by atoms with E-state index in [2.05, 4.69) is 10.4 Å². The first kappa shape index (κ1) is 12.4. The molecule has 1 saturated heterocycles. The molecular weight excluding hydrogens is 241 g/mol. The highest BCUT2D eigenvalue weighted by molar-refractivity contribution is 5.65. The lowest BCUT2D eigenvalue weighted by Gasteiger charge is -2.12. The topological polar surface area (TPSA) is 29.9 Å². The molecule has 3 nitrogen and oxygen atoms in total. The third kappa shape index (κ3) is 2.54. The van der Waals surface area contributed by atoms with Crippen LogP contribution in [0.15, 0.2) is 30.5 Å². The molecule has 1 N–H and O–H groups in total. The number of nitrogens with zero attached hydrogens (tertiary/aromatic N) is 2. The Morgan fingerprint density at radius 1 is 1.37 bits per heavy atom. The maximum Gasteiger partial charge on any atom is 0.123 e. The third-order valence-corrected chi connectivity index (χ3v) is 3.82. The average molecular weight is 259 g/mol. The van der Waals surface area contributed by atoms with Crippen molar-refractivity contribution in [2.45, 2.75) is 25.3 Å². The second kappa shape index (κ2) is 5.13. The molecule has 1 aromatic heterocycles. The molecule has 1 unspecified atom stereocenters. The Kier molecular flexibility index (Phi) is 3.34. The molecule has 1 aliphatic heterocycles. The molecule has 0 saturated carbocycles. The summed E-state index contributed by atoms with van der Waals surface area (Å²) in [5, 5.41) is 7.86. The highest BCUT2D eigenvalue weighted by Crippen LogP contribution is 2.25. The largest absolute Gasteiger partial charge is 0.314 e. The Bertz CT molecular complexity index is 553. The highest BCUT2D eigenvalue weighted by Gasteiger charge is 2.19. The van der Waals surface area contributed by atoms with Gasteiger partial charge in [-0.05, 0) is 37.1 Å². The second-order valence-electron chi connectivity index (χ2n) is 5.13. The van der Waals surface area contributed by atoms with Crippen LogP contribution in [-0.2, 0) is 13.5 Å². The van der Waals surface area contributed by atoms with Crippen molar-refractivity contribution >= 4 is 0 Å². The first-order chi connectivity index (χ1) is 9.24. The molecule has 1 atom stereocenters. The number of rotatable bonds is 3. The van der Waals surface area contributed by atoms with E-state index in [1.54, 1.807) is 0 Å². The summed E-state index contributed by atoms with van der Waals surface area (Å²) < 4.78 is 14.9. The van der Waals surface area contributed by atoms with Crippen molar-refractivity contribution in [2.24, 2.45) is 7.05 Å². The Balaban J connectivity index is 1.91. The standard InChI is InChI=1S/C15H18FN3/c1-19-15(9-13-3-2-8-17-13)14(10-18-19)11-4-6-12(16)7-5-11/h4-7,10,13,17H,2-3,8-9H2,1H3. The molecule has 4 heteroatoms. The number of halogens is 1. The molecule has 2 heterocycles. The molecule has 19 heavy (non-hydrogen) atoms. The Labute approximate surface area is 112 Å². The number of aryl methyl sites for hydroxylation is 1. The van der Waals surface area contributed by atoms with E-state index in [1.807, 2.05) is 30.1 Å². The third-order valence-electron chi connectivity index (χ3n) is 3.82. The first-order valence-electron chi connectivity index (χ1n) is 6.74. The monoisotopic (exact) mass is 259 g/mol. The van der Waals surface area contributed by atoms with E-state index >= 15 is 0 Å². The van der Waals surface area contributed by atoms with Gasteiger partial charge in [0.1, 0.15) is 5.82 Å². The zero-order chi connectivity index (χ0) is 13.2. The summed E-state index contributed by atoms with van der Waals surface area (Å²) >= 11 is 0. The summed E-state index contributed by atoms with van der Waals surface area (Å²) in [6.45, 7) is 1.11. The van der Waals surface area contributed by atoms with Crippen molar-refractivity contribution < 1.29 is 4.39 Å². The van der Waals surface area contributed by atoms with Crippen LogP contribution in [0.2, 0.25) is 0 Å². The van der Waals surface area contributed by atoms with Crippen molar-refractivity contribution in [2.75, 3.05) is 6.54 Å². The van der Waals surface area contributed by atoms with E-state index in [-0.39, 0.29) is 5.82 Å². The minimum Gasteiger partial charge on any atom is -0.314 e. The lowest BCUT2D eigenvalue weighted by Crippen LogP contribution is -2.25. The lowest BCUT2D eigenvalue weighted by atomic mass is 10.0. The van der Waals surface area contributed by atoms with Gasteiger partial charge >= 0.3 is 0 Å². The van der Waals surface area contributed by atoms with Crippen LogP contribution < -0.4 is 5.32 Å².